The van der Waals surface area contributed by atoms with Gasteiger partial charge in [0.15, 0.2) is 0 Å². The van der Waals surface area contributed by atoms with Crippen molar-refractivity contribution in [2.75, 3.05) is 0 Å². The Hall–Kier alpha value is -2.82. The van der Waals surface area contributed by atoms with Gasteiger partial charge in [0, 0.05) is 44.3 Å². The molecule has 1 fully saturated rings. The summed E-state index contributed by atoms with van der Waals surface area (Å²) in [7, 11) is 0. The monoisotopic (exact) mass is 680 g/mol. The Morgan fingerprint density at radius 2 is 0.896 bits per heavy atom. The fourth-order valence-corrected chi connectivity index (χ4v) is 9.64. The maximum atomic E-state index is 11.7. The van der Waals surface area contributed by atoms with Crippen LogP contribution in [0.3, 0.4) is 0 Å². The first-order chi connectivity index (χ1) is 22.7. The fraction of sp³-hybridized carbons (Fsp3) is 0.455. The largest absolute Gasteiger partial charge is 0.507 e. The average Bonchev–Trinajstić information content (AvgIpc) is 3.01. The predicted molar refractivity (Wildman–Crippen MR) is 212 cm³/mol. The van der Waals surface area contributed by atoms with Gasteiger partial charge in [0.05, 0.1) is 0 Å². The first-order valence-corrected chi connectivity index (χ1v) is 19.9. The second-order valence-corrected chi connectivity index (χ2v) is 18.4. The molecule has 4 heteroatoms. The molecule has 0 aliphatic heterocycles. The standard InChI is InChI=1S/C44H56O2S2/c1-29-15-19-31(20-16-29)37-25-35(43(3,4)5)23-33(41(37)45)27-47-39-13-11-9-10-12-14-40(39)48-28-34-24-36(44(6,7)8)26-38(42(34)46)32-21-17-30(2)18-22-32/h15-26,39-40,45-46H,9-14,27-28H2,1-8H3/t39-,40?/m0/s1. The lowest BCUT2D eigenvalue weighted by Gasteiger charge is -2.30. The first kappa shape index (κ1) is 36.5. The van der Waals surface area contributed by atoms with Crippen LogP contribution in [-0.4, -0.2) is 20.7 Å². The van der Waals surface area contributed by atoms with Crippen molar-refractivity contribution in [3.63, 3.8) is 0 Å². The summed E-state index contributed by atoms with van der Waals surface area (Å²) < 4.78 is 0. The molecule has 5 rings (SSSR count). The minimum absolute atomic E-state index is 0.0216. The van der Waals surface area contributed by atoms with E-state index in [1.807, 2.05) is 23.5 Å². The van der Waals surface area contributed by atoms with Crippen molar-refractivity contribution < 1.29 is 10.2 Å². The van der Waals surface area contributed by atoms with E-state index in [0.29, 0.717) is 22.0 Å². The van der Waals surface area contributed by atoms with Crippen LogP contribution in [0.4, 0.5) is 0 Å². The minimum Gasteiger partial charge on any atom is -0.507 e. The van der Waals surface area contributed by atoms with E-state index < -0.39 is 0 Å². The Kier molecular flexibility index (Phi) is 11.7. The summed E-state index contributed by atoms with van der Waals surface area (Å²) >= 11 is 4.05. The summed E-state index contributed by atoms with van der Waals surface area (Å²) in [6.07, 6.45) is 7.47. The zero-order valence-corrected chi connectivity index (χ0v) is 32.1. The highest BCUT2D eigenvalue weighted by Gasteiger charge is 2.27. The maximum Gasteiger partial charge on any atom is 0.127 e. The van der Waals surface area contributed by atoms with Gasteiger partial charge >= 0.3 is 0 Å². The van der Waals surface area contributed by atoms with Crippen molar-refractivity contribution in [1.82, 2.24) is 0 Å². The van der Waals surface area contributed by atoms with Crippen LogP contribution in [0.25, 0.3) is 22.3 Å². The molecule has 1 aliphatic rings. The summed E-state index contributed by atoms with van der Waals surface area (Å²) in [5.41, 5.74) is 11.0. The molecule has 1 unspecified atom stereocenters. The van der Waals surface area contributed by atoms with E-state index in [2.05, 4.69) is 128 Å². The van der Waals surface area contributed by atoms with E-state index in [0.717, 1.165) is 44.9 Å². The van der Waals surface area contributed by atoms with Crippen LogP contribution in [0, 0.1) is 13.8 Å². The van der Waals surface area contributed by atoms with E-state index in [-0.39, 0.29) is 10.8 Å². The van der Waals surface area contributed by atoms with Crippen molar-refractivity contribution in [1.29, 1.82) is 0 Å². The molecule has 1 saturated carbocycles. The van der Waals surface area contributed by atoms with Crippen LogP contribution in [0.2, 0.25) is 0 Å². The minimum atomic E-state index is -0.0216. The lowest BCUT2D eigenvalue weighted by atomic mass is 9.84. The Labute approximate surface area is 299 Å². The van der Waals surface area contributed by atoms with E-state index in [9.17, 15) is 10.2 Å². The van der Waals surface area contributed by atoms with Crippen molar-refractivity contribution in [2.45, 2.75) is 127 Å². The molecule has 2 atom stereocenters. The molecule has 0 saturated heterocycles. The molecule has 0 heterocycles. The van der Waals surface area contributed by atoms with Gasteiger partial charge in [-0.3, -0.25) is 0 Å². The molecule has 2 N–H and O–H groups in total. The lowest BCUT2D eigenvalue weighted by Crippen LogP contribution is -2.22. The number of phenolic OH excluding ortho intramolecular Hbond substituents is 2. The van der Waals surface area contributed by atoms with Crippen LogP contribution in [0.5, 0.6) is 11.5 Å². The molecule has 2 nitrogen and oxygen atoms in total. The predicted octanol–water partition coefficient (Wildman–Crippen LogP) is 12.9. The summed E-state index contributed by atoms with van der Waals surface area (Å²) in [5, 5.41) is 24.3. The highest BCUT2D eigenvalue weighted by molar-refractivity contribution is 8.03. The van der Waals surface area contributed by atoms with Gasteiger partial charge in [0.1, 0.15) is 11.5 Å². The van der Waals surface area contributed by atoms with Gasteiger partial charge in [0.25, 0.3) is 0 Å². The second-order valence-electron chi connectivity index (χ2n) is 16.0. The molecule has 4 aromatic rings. The van der Waals surface area contributed by atoms with Crippen molar-refractivity contribution in [3.05, 3.63) is 106 Å². The van der Waals surface area contributed by atoms with Crippen LogP contribution in [0.1, 0.15) is 113 Å². The number of hydrogen-bond donors (Lipinski definition) is 2. The van der Waals surface area contributed by atoms with Crippen LogP contribution in [0.15, 0.2) is 72.8 Å². The van der Waals surface area contributed by atoms with Gasteiger partial charge in [-0.2, -0.15) is 23.5 Å². The third-order valence-corrected chi connectivity index (χ3v) is 13.0. The molecule has 256 valence electrons. The number of aryl methyl sites for hydroxylation is 2. The molecule has 48 heavy (non-hydrogen) atoms. The third-order valence-electron chi connectivity index (χ3n) is 9.88. The van der Waals surface area contributed by atoms with Crippen molar-refractivity contribution >= 4 is 23.5 Å². The molecule has 0 aromatic heterocycles. The Morgan fingerprint density at radius 3 is 1.23 bits per heavy atom. The number of rotatable bonds is 8. The second kappa shape index (κ2) is 15.4. The fourth-order valence-electron chi connectivity index (χ4n) is 6.57. The summed E-state index contributed by atoms with van der Waals surface area (Å²) in [5.74, 6) is 2.42. The number of phenols is 2. The van der Waals surface area contributed by atoms with E-state index >= 15 is 0 Å². The first-order valence-electron chi connectivity index (χ1n) is 17.8. The van der Waals surface area contributed by atoms with Crippen LogP contribution >= 0.6 is 23.5 Å². The molecule has 0 radical (unpaired) electrons. The smallest absolute Gasteiger partial charge is 0.127 e. The molecule has 0 amide bonds. The Balaban J connectivity index is 1.41. The van der Waals surface area contributed by atoms with Gasteiger partial charge in [-0.25, -0.2) is 0 Å². The van der Waals surface area contributed by atoms with Crippen LogP contribution in [-0.2, 0) is 22.3 Å². The Morgan fingerprint density at radius 1 is 0.542 bits per heavy atom. The van der Waals surface area contributed by atoms with Crippen molar-refractivity contribution in [2.24, 2.45) is 0 Å². The van der Waals surface area contributed by atoms with Gasteiger partial charge in [-0.05, 0) is 71.9 Å². The van der Waals surface area contributed by atoms with E-state index in [1.54, 1.807) is 0 Å². The maximum absolute atomic E-state index is 11.7. The third kappa shape index (κ3) is 9.04. The molecule has 4 aromatic carbocycles. The summed E-state index contributed by atoms with van der Waals surface area (Å²) in [6.45, 7) is 17.7. The van der Waals surface area contributed by atoms with E-state index in [1.165, 1.54) is 60.8 Å². The normalized spacial score (nSPS) is 17.6. The zero-order valence-electron chi connectivity index (χ0n) is 30.5. The average molecular weight is 681 g/mol. The highest BCUT2D eigenvalue weighted by Crippen LogP contribution is 2.44. The molecule has 0 bridgehead atoms. The molecular weight excluding hydrogens is 625 g/mol. The van der Waals surface area contributed by atoms with Gasteiger partial charge in [0.2, 0.25) is 0 Å². The lowest BCUT2D eigenvalue weighted by molar-refractivity contribution is 0.470. The highest BCUT2D eigenvalue weighted by atomic mass is 32.2. The van der Waals surface area contributed by atoms with E-state index in [4.69, 9.17) is 0 Å². The summed E-state index contributed by atoms with van der Waals surface area (Å²) in [6, 6.07) is 25.9. The van der Waals surface area contributed by atoms with Gasteiger partial charge in [-0.15, -0.1) is 0 Å². The molecular formula is C44H56O2S2. The van der Waals surface area contributed by atoms with Crippen LogP contribution < -0.4 is 0 Å². The zero-order chi connectivity index (χ0) is 34.6. The number of aromatic hydroxyl groups is 2. The quantitative estimate of drug-likeness (QED) is 0.194. The SMILES string of the molecule is Cc1ccc(-c2cc(C(C)(C)C)cc(CSC3CCCCCC[C@@H]3SCc3cc(C(C)(C)C)cc(-c4ccc(C)cc4)c3O)c2O)cc1. The number of benzene rings is 4. The number of thioether (sulfide) groups is 2. The van der Waals surface area contributed by atoms with Gasteiger partial charge in [-0.1, -0.05) is 139 Å². The van der Waals surface area contributed by atoms with Crippen molar-refractivity contribution in [3.8, 4) is 33.8 Å². The molecule has 0 spiro atoms. The summed E-state index contributed by atoms with van der Waals surface area (Å²) in [4.78, 5) is 0. The topological polar surface area (TPSA) is 40.5 Å². The van der Waals surface area contributed by atoms with Gasteiger partial charge < -0.3 is 10.2 Å². The Bertz CT molecular complexity index is 1550. The molecule has 1 aliphatic carbocycles. The number of hydrogen-bond acceptors (Lipinski definition) is 4.